The van der Waals surface area contributed by atoms with Crippen molar-refractivity contribution in [2.24, 2.45) is 5.92 Å². The van der Waals surface area contributed by atoms with Crippen molar-refractivity contribution in [3.05, 3.63) is 0 Å². The zero-order valence-electron chi connectivity index (χ0n) is 10.9. The minimum atomic E-state index is -0.110. The monoisotopic (exact) mass is 240 g/mol. The third kappa shape index (κ3) is 3.87. The number of carbonyl (C=O) groups is 1. The van der Waals surface area contributed by atoms with E-state index in [0.717, 1.165) is 32.5 Å². The summed E-state index contributed by atoms with van der Waals surface area (Å²) in [6, 6.07) is 0.455. The lowest BCUT2D eigenvalue weighted by atomic mass is 9.97. The molecule has 98 valence electrons. The first-order chi connectivity index (χ1) is 8.16. The molecule has 0 spiro atoms. The van der Waals surface area contributed by atoms with Gasteiger partial charge in [-0.15, -0.1) is 0 Å². The van der Waals surface area contributed by atoms with Crippen LogP contribution >= 0.6 is 0 Å². The van der Waals surface area contributed by atoms with Gasteiger partial charge in [-0.05, 0) is 58.5 Å². The predicted molar refractivity (Wildman–Crippen MR) is 66.9 cm³/mol. The highest BCUT2D eigenvalue weighted by Crippen LogP contribution is 2.29. The molecule has 0 aromatic heterocycles. The summed E-state index contributed by atoms with van der Waals surface area (Å²) in [6.45, 7) is 6.88. The van der Waals surface area contributed by atoms with Crippen molar-refractivity contribution in [3.8, 4) is 0 Å². The molecule has 0 aromatic rings. The number of hydrogen-bond donors (Lipinski definition) is 1. The van der Waals surface area contributed by atoms with Gasteiger partial charge in [-0.1, -0.05) is 0 Å². The summed E-state index contributed by atoms with van der Waals surface area (Å²) in [5.74, 6) is 0.650. The van der Waals surface area contributed by atoms with Gasteiger partial charge in [-0.25, -0.2) is 4.79 Å². The lowest BCUT2D eigenvalue weighted by Gasteiger charge is -2.30. The number of ether oxygens (including phenoxy) is 1. The molecule has 0 unspecified atom stereocenters. The lowest BCUT2D eigenvalue weighted by Crippen LogP contribution is -2.41. The highest BCUT2D eigenvalue weighted by Gasteiger charge is 2.35. The van der Waals surface area contributed by atoms with Crippen LogP contribution in [0.5, 0.6) is 0 Å². The Labute approximate surface area is 104 Å². The van der Waals surface area contributed by atoms with Crippen LogP contribution in [0.15, 0.2) is 0 Å². The summed E-state index contributed by atoms with van der Waals surface area (Å²) in [7, 11) is 0. The molecule has 0 aromatic carbocycles. The maximum atomic E-state index is 12.0. The topological polar surface area (TPSA) is 41.6 Å². The number of carbonyl (C=O) groups excluding carboxylic acids is 1. The zero-order valence-corrected chi connectivity index (χ0v) is 10.9. The van der Waals surface area contributed by atoms with Crippen molar-refractivity contribution < 1.29 is 9.53 Å². The number of amides is 1. The minimum absolute atomic E-state index is 0.0169. The molecule has 1 N–H and O–H groups in total. The van der Waals surface area contributed by atoms with Crippen molar-refractivity contribution in [1.82, 2.24) is 10.2 Å². The second kappa shape index (κ2) is 5.71. The molecule has 2 aliphatic rings. The van der Waals surface area contributed by atoms with E-state index in [2.05, 4.69) is 5.32 Å². The third-order valence-corrected chi connectivity index (χ3v) is 3.47. The van der Waals surface area contributed by atoms with Gasteiger partial charge >= 0.3 is 6.09 Å². The van der Waals surface area contributed by atoms with Gasteiger partial charge in [0, 0.05) is 12.6 Å². The number of hydrogen-bond acceptors (Lipinski definition) is 3. The van der Waals surface area contributed by atoms with Crippen LogP contribution in [0.1, 0.15) is 39.5 Å². The maximum Gasteiger partial charge on any atom is 0.410 e. The maximum absolute atomic E-state index is 12.0. The molecular weight excluding hydrogens is 216 g/mol. The Hall–Kier alpha value is -0.770. The van der Waals surface area contributed by atoms with Crippen LogP contribution in [0.25, 0.3) is 0 Å². The molecular formula is C13H24N2O2. The van der Waals surface area contributed by atoms with Gasteiger partial charge < -0.3 is 15.0 Å². The van der Waals surface area contributed by atoms with Crippen molar-refractivity contribution in [1.29, 1.82) is 0 Å². The van der Waals surface area contributed by atoms with E-state index in [4.69, 9.17) is 4.74 Å². The molecule has 0 radical (unpaired) electrons. The average molecular weight is 240 g/mol. The second-order valence-corrected chi connectivity index (χ2v) is 5.51. The molecule has 1 saturated carbocycles. The van der Waals surface area contributed by atoms with Crippen molar-refractivity contribution in [2.45, 2.75) is 51.7 Å². The molecule has 0 bridgehead atoms. The summed E-state index contributed by atoms with van der Waals surface area (Å²) < 4.78 is 5.33. The van der Waals surface area contributed by atoms with E-state index < -0.39 is 0 Å². The molecule has 0 atom stereocenters. The van der Waals surface area contributed by atoms with Crippen molar-refractivity contribution >= 4 is 6.09 Å². The Morgan fingerprint density at radius 2 is 1.94 bits per heavy atom. The molecule has 2 rings (SSSR count). The largest absolute Gasteiger partial charge is 0.447 e. The van der Waals surface area contributed by atoms with Crippen LogP contribution in [-0.4, -0.2) is 42.8 Å². The molecule has 17 heavy (non-hydrogen) atoms. The van der Waals surface area contributed by atoms with Gasteiger partial charge in [-0.3, -0.25) is 0 Å². The van der Waals surface area contributed by atoms with E-state index >= 15 is 0 Å². The van der Waals surface area contributed by atoms with Gasteiger partial charge in [0.05, 0.1) is 6.10 Å². The highest BCUT2D eigenvalue weighted by molar-refractivity contribution is 5.68. The SMILES string of the molecule is CC(C)OC(=O)N(CC1CCNCC1)C1CC1. The minimum Gasteiger partial charge on any atom is -0.447 e. The fourth-order valence-corrected chi connectivity index (χ4v) is 2.37. The first kappa shape index (κ1) is 12.7. The first-order valence-electron chi connectivity index (χ1n) is 6.85. The van der Waals surface area contributed by atoms with Gasteiger partial charge in [0.1, 0.15) is 0 Å². The predicted octanol–water partition coefficient (Wildman–Crippen LogP) is 2.00. The van der Waals surface area contributed by atoms with E-state index in [1.807, 2.05) is 18.7 Å². The third-order valence-electron chi connectivity index (χ3n) is 3.47. The summed E-state index contributed by atoms with van der Waals surface area (Å²) in [4.78, 5) is 14.0. The number of rotatable bonds is 4. The fourth-order valence-electron chi connectivity index (χ4n) is 2.37. The smallest absolute Gasteiger partial charge is 0.410 e. The standard InChI is InChI=1S/C13H24N2O2/c1-10(2)17-13(16)15(12-3-4-12)9-11-5-7-14-8-6-11/h10-12,14H,3-9H2,1-2H3. The van der Waals surface area contributed by atoms with Gasteiger partial charge in [-0.2, -0.15) is 0 Å². The van der Waals surface area contributed by atoms with Crippen LogP contribution in [0.4, 0.5) is 4.79 Å². The Bertz CT molecular complexity index is 258. The van der Waals surface area contributed by atoms with Gasteiger partial charge in [0.2, 0.25) is 0 Å². The van der Waals surface area contributed by atoms with E-state index in [1.54, 1.807) is 0 Å². The highest BCUT2D eigenvalue weighted by atomic mass is 16.6. The number of piperidine rings is 1. The normalized spacial score (nSPS) is 21.6. The lowest BCUT2D eigenvalue weighted by molar-refractivity contribution is 0.0672. The second-order valence-electron chi connectivity index (χ2n) is 5.51. The summed E-state index contributed by atoms with van der Waals surface area (Å²) in [5.41, 5.74) is 0. The average Bonchev–Trinajstić information content (AvgIpc) is 3.10. The molecule has 1 saturated heterocycles. The molecule has 1 aliphatic carbocycles. The van der Waals surface area contributed by atoms with Gasteiger partial charge in [0.25, 0.3) is 0 Å². The van der Waals surface area contributed by atoms with Crippen LogP contribution in [0, 0.1) is 5.92 Å². The molecule has 1 aliphatic heterocycles. The molecule has 4 heteroatoms. The molecule has 4 nitrogen and oxygen atoms in total. The fraction of sp³-hybridized carbons (Fsp3) is 0.923. The van der Waals surface area contributed by atoms with E-state index in [1.165, 1.54) is 12.8 Å². The quantitative estimate of drug-likeness (QED) is 0.817. The molecule has 2 fully saturated rings. The summed E-state index contributed by atoms with van der Waals surface area (Å²) in [5, 5.41) is 3.36. The Morgan fingerprint density at radius 3 is 2.47 bits per heavy atom. The first-order valence-corrected chi connectivity index (χ1v) is 6.85. The number of nitrogens with zero attached hydrogens (tertiary/aromatic N) is 1. The van der Waals surface area contributed by atoms with Crippen LogP contribution in [0.3, 0.4) is 0 Å². The number of nitrogens with one attached hydrogen (secondary N) is 1. The summed E-state index contributed by atoms with van der Waals surface area (Å²) >= 11 is 0. The van der Waals surface area contributed by atoms with Crippen molar-refractivity contribution in [2.75, 3.05) is 19.6 Å². The molecule has 1 heterocycles. The van der Waals surface area contributed by atoms with E-state index in [0.29, 0.717) is 12.0 Å². The Kier molecular flexibility index (Phi) is 4.26. The molecule has 1 amide bonds. The van der Waals surface area contributed by atoms with E-state index in [9.17, 15) is 4.79 Å². The Morgan fingerprint density at radius 1 is 1.29 bits per heavy atom. The van der Waals surface area contributed by atoms with Crippen molar-refractivity contribution in [3.63, 3.8) is 0 Å². The van der Waals surface area contributed by atoms with Crippen LogP contribution in [-0.2, 0) is 4.74 Å². The zero-order chi connectivity index (χ0) is 12.3. The Balaban J connectivity index is 1.85. The van der Waals surface area contributed by atoms with E-state index in [-0.39, 0.29) is 12.2 Å². The summed E-state index contributed by atoms with van der Waals surface area (Å²) in [6.07, 6.45) is 4.53. The van der Waals surface area contributed by atoms with Gasteiger partial charge in [0.15, 0.2) is 0 Å². The van der Waals surface area contributed by atoms with Crippen LogP contribution in [0.2, 0.25) is 0 Å². The van der Waals surface area contributed by atoms with Crippen LogP contribution < -0.4 is 5.32 Å².